The third-order valence-corrected chi connectivity index (χ3v) is 3.48. The molecule has 0 aliphatic rings. The number of aromatic nitrogens is 1. The van der Waals surface area contributed by atoms with Gasteiger partial charge in [-0.3, -0.25) is 0 Å². The number of benzene rings is 2. The molecule has 0 saturated heterocycles. The van der Waals surface area contributed by atoms with Gasteiger partial charge in [0.2, 0.25) is 5.89 Å². The number of nitrogens with two attached hydrogens (primary N) is 1. The van der Waals surface area contributed by atoms with Crippen molar-refractivity contribution in [1.29, 1.82) is 0 Å². The molecule has 0 unspecified atom stereocenters. The summed E-state index contributed by atoms with van der Waals surface area (Å²) in [6, 6.07) is 9.55. The number of anilines is 1. The van der Waals surface area contributed by atoms with E-state index >= 15 is 0 Å². The van der Waals surface area contributed by atoms with Crippen molar-refractivity contribution in [2.24, 2.45) is 0 Å². The molecule has 0 bridgehead atoms. The summed E-state index contributed by atoms with van der Waals surface area (Å²) < 4.78 is 11.0. The number of aryl methyl sites for hydroxylation is 2. The molecule has 0 aliphatic carbocycles. The van der Waals surface area contributed by atoms with Crippen molar-refractivity contribution in [2.75, 3.05) is 12.8 Å². The van der Waals surface area contributed by atoms with Crippen LogP contribution in [0.5, 0.6) is 5.75 Å². The van der Waals surface area contributed by atoms with Crippen molar-refractivity contribution in [1.82, 2.24) is 4.98 Å². The van der Waals surface area contributed by atoms with Gasteiger partial charge in [-0.2, -0.15) is 0 Å². The van der Waals surface area contributed by atoms with Crippen molar-refractivity contribution in [3.8, 4) is 17.2 Å². The summed E-state index contributed by atoms with van der Waals surface area (Å²) in [6.45, 7) is 3.93. The lowest BCUT2D eigenvalue weighted by Crippen LogP contribution is -1.91. The van der Waals surface area contributed by atoms with E-state index in [1.807, 2.05) is 44.2 Å². The van der Waals surface area contributed by atoms with Crippen molar-refractivity contribution in [2.45, 2.75) is 13.8 Å². The molecule has 1 heterocycles. The molecule has 20 heavy (non-hydrogen) atoms. The molecule has 0 amide bonds. The quantitative estimate of drug-likeness (QED) is 0.720. The first-order valence-corrected chi connectivity index (χ1v) is 6.41. The Morgan fingerprint density at radius 1 is 1.15 bits per heavy atom. The number of ether oxygens (including phenoxy) is 1. The van der Waals surface area contributed by atoms with Gasteiger partial charge >= 0.3 is 0 Å². The lowest BCUT2D eigenvalue weighted by Gasteiger charge is -2.01. The topological polar surface area (TPSA) is 61.3 Å². The molecule has 2 N–H and O–H groups in total. The normalized spacial score (nSPS) is 10.9. The molecular weight excluding hydrogens is 252 g/mol. The fourth-order valence-electron chi connectivity index (χ4n) is 2.24. The summed E-state index contributed by atoms with van der Waals surface area (Å²) in [5.41, 5.74) is 11.2. The molecule has 0 aliphatic heterocycles. The van der Waals surface area contributed by atoms with Crippen LogP contribution in [0.4, 0.5) is 5.69 Å². The highest BCUT2D eigenvalue weighted by atomic mass is 16.5. The van der Waals surface area contributed by atoms with Crippen molar-refractivity contribution < 1.29 is 9.15 Å². The first-order valence-electron chi connectivity index (χ1n) is 6.41. The zero-order valence-electron chi connectivity index (χ0n) is 11.7. The molecule has 3 rings (SSSR count). The van der Waals surface area contributed by atoms with Gasteiger partial charge in [-0.25, -0.2) is 4.98 Å². The lowest BCUT2D eigenvalue weighted by molar-refractivity contribution is 0.415. The minimum absolute atomic E-state index is 0.597. The summed E-state index contributed by atoms with van der Waals surface area (Å²) in [5.74, 6) is 1.40. The monoisotopic (exact) mass is 268 g/mol. The molecule has 1 aromatic heterocycles. The molecule has 4 nitrogen and oxygen atoms in total. The van der Waals surface area contributed by atoms with E-state index < -0.39 is 0 Å². The predicted molar refractivity (Wildman–Crippen MR) is 79.9 cm³/mol. The van der Waals surface area contributed by atoms with E-state index in [1.165, 1.54) is 0 Å². The van der Waals surface area contributed by atoms with E-state index in [4.69, 9.17) is 14.9 Å². The van der Waals surface area contributed by atoms with E-state index in [-0.39, 0.29) is 0 Å². The van der Waals surface area contributed by atoms with E-state index in [0.717, 1.165) is 39.2 Å². The first-order chi connectivity index (χ1) is 9.60. The number of hydrogen-bond donors (Lipinski definition) is 1. The second kappa shape index (κ2) is 4.56. The maximum Gasteiger partial charge on any atom is 0.227 e. The molecule has 0 atom stereocenters. The lowest BCUT2D eigenvalue weighted by atomic mass is 10.1. The second-order valence-electron chi connectivity index (χ2n) is 4.83. The minimum atomic E-state index is 0.597. The molecule has 0 radical (unpaired) electrons. The number of oxazole rings is 1. The maximum atomic E-state index is 5.97. The number of nitrogens with zero attached hydrogens (tertiary/aromatic N) is 1. The Balaban J connectivity index is 2.17. The van der Waals surface area contributed by atoms with Crippen LogP contribution in [0.25, 0.3) is 22.6 Å². The summed E-state index contributed by atoms with van der Waals surface area (Å²) in [5, 5.41) is 0. The van der Waals surface area contributed by atoms with Crippen LogP contribution in [0.15, 0.2) is 34.7 Å². The van der Waals surface area contributed by atoms with Crippen LogP contribution in [0.3, 0.4) is 0 Å². The van der Waals surface area contributed by atoms with Crippen LogP contribution in [0, 0.1) is 13.8 Å². The maximum absolute atomic E-state index is 5.97. The van der Waals surface area contributed by atoms with Crippen LogP contribution >= 0.6 is 0 Å². The largest absolute Gasteiger partial charge is 0.497 e. The van der Waals surface area contributed by atoms with Gasteiger partial charge in [0.25, 0.3) is 0 Å². The van der Waals surface area contributed by atoms with E-state index in [0.29, 0.717) is 5.89 Å². The zero-order valence-corrected chi connectivity index (χ0v) is 11.7. The number of rotatable bonds is 2. The van der Waals surface area contributed by atoms with Crippen LogP contribution in [-0.4, -0.2) is 12.1 Å². The molecule has 3 aromatic rings. The molecule has 102 valence electrons. The van der Waals surface area contributed by atoms with Crippen LogP contribution in [-0.2, 0) is 0 Å². The molecule has 0 saturated carbocycles. The minimum Gasteiger partial charge on any atom is -0.497 e. The molecule has 2 aromatic carbocycles. The predicted octanol–water partition coefficient (Wildman–Crippen LogP) is 3.70. The van der Waals surface area contributed by atoms with Gasteiger partial charge in [0.05, 0.1) is 7.11 Å². The first kappa shape index (κ1) is 12.5. The Labute approximate surface area is 117 Å². The summed E-state index contributed by atoms with van der Waals surface area (Å²) in [4.78, 5) is 4.57. The highest BCUT2D eigenvalue weighted by Crippen LogP contribution is 2.31. The Bertz CT molecular complexity index is 773. The van der Waals surface area contributed by atoms with Gasteiger partial charge in [-0.1, -0.05) is 0 Å². The fourth-order valence-corrected chi connectivity index (χ4v) is 2.24. The third-order valence-electron chi connectivity index (χ3n) is 3.48. The fraction of sp³-hybridized carbons (Fsp3) is 0.188. The average Bonchev–Trinajstić information content (AvgIpc) is 2.91. The van der Waals surface area contributed by atoms with Gasteiger partial charge in [0.15, 0.2) is 5.58 Å². The summed E-state index contributed by atoms with van der Waals surface area (Å²) >= 11 is 0. The Morgan fingerprint density at radius 3 is 2.50 bits per heavy atom. The third kappa shape index (κ3) is 1.90. The van der Waals surface area contributed by atoms with Crippen molar-refractivity contribution in [3.63, 3.8) is 0 Å². The van der Waals surface area contributed by atoms with E-state index in [9.17, 15) is 0 Å². The van der Waals surface area contributed by atoms with Gasteiger partial charge in [-0.15, -0.1) is 0 Å². The standard InChI is InChI=1S/C16H16N2O2/c1-9-8-13(17)10(2)14-15(9)20-16(18-14)11-4-6-12(19-3)7-5-11/h4-8H,17H2,1-3H3. The highest BCUT2D eigenvalue weighted by Gasteiger charge is 2.14. The Hall–Kier alpha value is -2.49. The highest BCUT2D eigenvalue weighted by molar-refractivity contribution is 5.86. The Kier molecular flexibility index (Phi) is 2.86. The number of nitrogen functional groups attached to an aromatic ring is 1. The average molecular weight is 268 g/mol. The summed E-state index contributed by atoms with van der Waals surface area (Å²) in [7, 11) is 1.64. The molecule has 0 fully saturated rings. The van der Waals surface area contributed by atoms with Crippen LogP contribution in [0.2, 0.25) is 0 Å². The number of methoxy groups -OCH3 is 1. The van der Waals surface area contributed by atoms with Crippen LogP contribution < -0.4 is 10.5 Å². The van der Waals surface area contributed by atoms with Crippen molar-refractivity contribution in [3.05, 3.63) is 41.5 Å². The van der Waals surface area contributed by atoms with Gasteiger partial charge in [0, 0.05) is 16.8 Å². The SMILES string of the molecule is COc1ccc(-c2nc3c(C)c(N)cc(C)c3o2)cc1. The van der Waals surface area contributed by atoms with Gasteiger partial charge < -0.3 is 14.9 Å². The number of hydrogen-bond acceptors (Lipinski definition) is 4. The molecular formula is C16H16N2O2. The van der Waals surface area contributed by atoms with E-state index in [2.05, 4.69) is 4.98 Å². The van der Waals surface area contributed by atoms with Crippen molar-refractivity contribution >= 4 is 16.8 Å². The Morgan fingerprint density at radius 2 is 1.85 bits per heavy atom. The van der Waals surface area contributed by atoms with Gasteiger partial charge in [-0.05, 0) is 49.7 Å². The second-order valence-corrected chi connectivity index (χ2v) is 4.83. The molecule has 4 heteroatoms. The molecule has 0 spiro atoms. The van der Waals surface area contributed by atoms with Gasteiger partial charge in [0.1, 0.15) is 11.3 Å². The number of fused-ring (bicyclic) bond motifs is 1. The smallest absolute Gasteiger partial charge is 0.227 e. The summed E-state index contributed by atoms with van der Waals surface area (Å²) in [6.07, 6.45) is 0. The van der Waals surface area contributed by atoms with E-state index in [1.54, 1.807) is 7.11 Å². The van der Waals surface area contributed by atoms with Crippen LogP contribution in [0.1, 0.15) is 11.1 Å². The zero-order chi connectivity index (χ0) is 14.3.